The maximum atomic E-state index is 12.6. The molecule has 0 bridgehead atoms. The number of rotatable bonds is 42. The van der Waals surface area contributed by atoms with Crippen LogP contribution in [0.1, 0.15) is 251 Å². The van der Waals surface area contributed by atoms with Gasteiger partial charge < -0.3 is 10.4 Å². The van der Waals surface area contributed by atoms with Gasteiger partial charge in [-0.05, 0) is 38.5 Å². The molecule has 0 aliphatic heterocycles. The summed E-state index contributed by atoms with van der Waals surface area (Å²) in [7, 11) is -4.31. The van der Waals surface area contributed by atoms with Crippen molar-refractivity contribution in [1.82, 2.24) is 5.32 Å². The van der Waals surface area contributed by atoms with Crippen LogP contribution < -0.4 is 5.32 Å². The first kappa shape index (κ1) is 51.1. The van der Waals surface area contributed by atoms with Crippen LogP contribution >= 0.6 is 0 Å². The molecule has 1 amide bonds. The van der Waals surface area contributed by atoms with Crippen molar-refractivity contribution in [3.63, 3.8) is 0 Å². The van der Waals surface area contributed by atoms with Crippen molar-refractivity contribution >= 4 is 16.0 Å². The molecule has 0 rings (SSSR count). The van der Waals surface area contributed by atoms with E-state index in [9.17, 15) is 22.9 Å². The van der Waals surface area contributed by atoms with Gasteiger partial charge in [0.25, 0.3) is 10.1 Å². The molecular weight excluding hydrogens is 667 g/mol. The molecule has 0 aliphatic rings. The Kier molecular flexibility index (Phi) is 39.1. The summed E-state index contributed by atoms with van der Waals surface area (Å²) in [4.78, 5) is 12.6. The highest BCUT2D eigenvalue weighted by atomic mass is 32.2. The molecule has 6 nitrogen and oxygen atoms in total. The normalized spacial score (nSPS) is 13.2. The molecule has 0 aromatic carbocycles. The number of aliphatic hydroxyl groups excluding tert-OH is 1. The molecule has 0 fully saturated rings. The summed E-state index contributed by atoms with van der Waals surface area (Å²) < 4.78 is 32.6. The van der Waals surface area contributed by atoms with Gasteiger partial charge in [-0.1, -0.05) is 219 Å². The second-order valence-corrected chi connectivity index (χ2v) is 17.5. The lowest BCUT2D eigenvalue weighted by Crippen LogP contribution is -2.47. The van der Waals surface area contributed by atoms with E-state index in [2.05, 4.69) is 31.3 Å². The van der Waals surface area contributed by atoms with E-state index < -0.39 is 28.0 Å². The SMILES string of the molecule is CCCCCCCC/C=C\CCCCCCCCCC(=O)NC(CS(=O)(=O)O)C(O)CCCCCCCCCCCCCCCCCCCCCC. The van der Waals surface area contributed by atoms with E-state index in [0.717, 1.165) is 38.5 Å². The van der Waals surface area contributed by atoms with E-state index in [1.165, 1.54) is 186 Å². The van der Waals surface area contributed by atoms with Gasteiger partial charge in [-0.25, -0.2) is 0 Å². The summed E-state index contributed by atoms with van der Waals surface area (Å²) in [6.07, 6.45) is 48.8. The zero-order valence-corrected chi connectivity index (χ0v) is 35.5. The molecule has 2 atom stereocenters. The van der Waals surface area contributed by atoms with Crippen molar-refractivity contribution in [2.75, 3.05) is 5.75 Å². The van der Waals surface area contributed by atoms with Crippen molar-refractivity contribution in [3.05, 3.63) is 12.2 Å². The van der Waals surface area contributed by atoms with E-state index in [0.29, 0.717) is 12.8 Å². The lowest BCUT2D eigenvalue weighted by Gasteiger charge is -2.23. The fraction of sp³-hybridized carbons (Fsp3) is 0.933. The third kappa shape index (κ3) is 40.3. The van der Waals surface area contributed by atoms with Gasteiger partial charge in [-0.2, -0.15) is 8.42 Å². The highest BCUT2D eigenvalue weighted by Crippen LogP contribution is 2.17. The molecule has 2 unspecified atom stereocenters. The van der Waals surface area contributed by atoms with Crippen LogP contribution in [0.15, 0.2) is 12.2 Å². The first-order valence-corrected chi connectivity index (χ1v) is 24.5. The van der Waals surface area contributed by atoms with Crippen LogP contribution in [0.25, 0.3) is 0 Å². The zero-order chi connectivity index (χ0) is 38.2. The van der Waals surface area contributed by atoms with Gasteiger partial charge in [0, 0.05) is 6.42 Å². The number of allylic oxidation sites excluding steroid dienone is 2. The maximum Gasteiger partial charge on any atom is 0.266 e. The Bertz CT molecular complexity index is 877. The highest BCUT2D eigenvalue weighted by molar-refractivity contribution is 7.85. The van der Waals surface area contributed by atoms with Crippen molar-refractivity contribution < 1.29 is 22.9 Å². The van der Waals surface area contributed by atoms with Gasteiger partial charge in [0.05, 0.1) is 17.9 Å². The van der Waals surface area contributed by atoms with Crippen molar-refractivity contribution in [2.24, 2.45) is 0 Å². The van der Waals surface area contributed by atoms with Gasteiger partial charge >= 0.3 is 0 Å². The van der Waals surface area contributed by atoms with Gasteiger partial charge in [0.15, 0.2) is 0 Å². The molecule has 0 spiro atoms. The molecule has 0 aromatic rings. The van der Waals surface area contributed by atoms with Gasteiger partial charge in [0.2, 0.25) is 5.91 Å². The Balaban J connectivity index is 3.79. The van der Waals surface area contributed by atoms with Crippen LogP contribution in [0.4, 0.5) is 0 Å². The first-order valence-electron chi connectivity index (χ1n) is 22.9. The highest BCUT2D eigenvalue weighted by Gasteiger charge is 2.26. The minimum absolute atomic E-state index is 0.246. The number of hydrogen-bond donors (Lipinski definition) is 3. The standard InChI is InChI=1S/C45H89NO5S/c1-3-5-7-9-11-13-15-17-19-21-22-23-25-26-28-30-32-34-36-38-40-44(47)43(42-52(49,50)51)46-45(48)41-39-37-35-33-31-29-27-24-20-18-16-14-12-10-8-6-4-2/h18,20,43-44,47H,3-17,19,21-42H2,1-2H3,(H,46,48)(H,49,50,51)/b20-18-. The zero-order valence-electron chi connectivity index (χ0n) is 34.7. The van der Waals surface area contributed by atoms with Gasteiger partial charge in [0.1, 0.15) is 0 Å². The number of carbonyl (C=O) groups is 1. The van der Waals surface area contributed by atoms with E-state index in [1.54, 1.807) is 0 Å². The largest absolute Gasteiger partial charge is 0.391 e. The molecule has 0 aromatic heterocycles. The first-order chi connectivity index (χ1) is 25.3. The van der Waals surface area contributed by atoms with Crippen molar-refractivity contribution in [2.45, 2.75) is 264 Å². The van der Waals surface area contributed by atoms with Crippen LogP contribution in [0.2, 0.25) is 0 Å². The molecule has 0 saturated heterocycles. The summed E-state index contributed by atoms with van der Waals surface area (Å²) in [5, 5.41) is 13.4. The van der Waals surface area contributed by atoms with Crippen molar-refractivity contribution in [1.29, 1.82) is 0 Å². The minimum atomic E-state index is -4.31. The topological polar surface area (TPSA) is 104 Å². The Morgan fingerprint density at radius 1 is 0.500 bits per heavy atom. The summed E-state index contributed by atoms with van der Waals surface area (Å²) in [5.41, 5.74) is 0. The number of nitrogens with one attached hydrogen (secondary N) is 1. The summed E-state index contributed by atoms with van der Waals surface area (Å²) in [5.74, 6) is -0.892. The predicted molar refractivity (Wildman–Crippen MR) is 226 cm³/mol. The van der Waals surface area contributed by atoms with Crippen LogP contribution in [0.5, 0.6) is 0 Å². The molecule has 7 heteroatoms. The third-order valence-corrected chi connectivity index (χ3v) is 11.5. The molecular formula is C45H89NO5S. The van der Waals surface area contributed by atoms with Crippen molar-refractivity contribution in [3.8, 4) is 0 Å². The molecule has 0 aliphatic carbocycles. The Morgan fingerprint density at radius 2 is 0.808 bits per heavy atom. The second-order valence-electron chi connectivity index (χ2n) is 16.0. The summed E-state index contributed by atoms with van der Waals surface area (Å²) in [6, 6.07) is -0.970. The predicted octanol–water partition coefficient (Wildman–Crippen LogP) is 13.7. The molecule has 0 heterocycles. The Hall–Kier alpha value is -0.920. The van der Waals surface area contributed by atoms with Crippen LogP contribution in [0.3, 0.4) is 0 Å². The average molecular weight is 756 g/mol. The lowest BCUT2D eigenvalue weighted by molar-refractivity contribution is -0.122. The molecule has 3 N–H and O–H groups in total. The monoisotopic (exact) mass is 756 g/mol. The van der Waals surface area contributed by atoms with Gasteiger partial charge in [-0.15, -0.1) is 0 Å². The number of amides is 1. The summed E-state index contributed by atoms with van der Waals surface area (Å²) in [6.45, 7) is 4.54. The Morgan fingerprint density at radius 3 is 1.15 bits per heavy atom. The molecule has 310 valence electrons. The van der Waals surface area contributed by atoms with Gasteiger partial charge in [-0.3, -0.25) is 9.35 Å². The van der Waals surface area contributed by atoms with Crippen LogP contribution in [-0.4, -0.2) is 41.9 Å². The number of hydrogen-bond acceptors (Lipinski definition) is 4. The third-order valence-electron chi connectivity index (χ3n) is 10.7. The maximum absolute atomic E-state index is 12.6. The van der Waals surface area contributed by atoms with E-state index >= 15 is 0 Å². The molecule has 52 heavy (non-hydrogen) atoms. The molecule has 0 radical (unpaired) electrons. The quantitative estimate of drug-likeness (QED) is 0.0327. The number of aliphatic hydroxyl groups is 1. The molecule has 0 saturated carbocycles. The smallest absolute Gasteiger partial charge is 0.266 e. The lowest BCUT2D eigenvalue weighted by atomic mass is 10.0. The number of unbranched alkanes of at least 4 members (excludes halogenated alkanes) is 32. The van der Waals surface area contributed by atoms with E-state index in [-0.39, 0.29) is 5.91 Å². The number of carbonyl (C=O) groups excluding carboxylic acids is 1. The summed E-state index contributed by atoms with van der Waals surface area (Å²) >= 11 is 0. The van der Waals surface area contributed by atoms with Crippen LogP contribution in [0, 0.1) is 0 Å². The fourth-order valence-electron chi connectivity index (χ4n) is 7.27. The van der Waals surface area contributed by atoms with E-state index in [1.807, 2.05) is 0 Å². The van der Waals surface area contributed by atoms with E-state index in [4.69, 9.17) is 0 Å². The fourth-order valence-corrected chi connectivity index (χ4v) is 8.03. The second kappa shape index (κ2) is 39.8. The van der Waals surface area contributed by atoms with Crippen LogP contribution in [-0.2, 0) is 14.9 Å². The minimum Gasteiger partial charge on any atom is -0.391 e. The average Bonchev–Trinajstić information content (AvgIpc) is 3.11. The Labute approximate surface area is 324 Å².